The van der Waals surface area contributed by atoms with E-state index >= 15 is 0 Å². The van der Waals surface area contributed by atoms with Crippen molar-refractivity contribution in [1.82, 2.24) is 15.1 Å². The van der Waals surface area contributed by atoms with Crippen molar-refractivity contribution in [3.05, 3.63) is 22.6 Å². The van der Waals surface area contributed by atoms with Crippen LogP contribution >= 0.6 is 0 Å². The fraction of sp³-hybridized carbons (Fsp3) is 0.625. The number of aromatic nitrogens is 2. The fourth-order valence-corrected chi connectivity index (χ4v) is 2.67. The average molecular weight is 320 g/mol. The van der Waals surface area contributed by atoms with Gasteiger partial charge in [0.25, 0.3) is 11.5 Å². The summed E-state index contributed by atoms with van der Waals surface area (Å²) in [6, 6.07) is 1.57. The average Bonchev–Trinajstić information content (AvgIpc) is 2.95. The van der Waals surface area contributed by atoms with E-state index in [0.29, 0.717) is 6.54 Å². The lowest BCUT2D eigenvalue weighted by molar-refractivity contribution is -0.138. The third-order valence-electron chi connectivity index (χ3n) is 4.00. The van der Waals surface area contributed by atoms with Gasteiger partial charge in [0.1, 0.15) is 0 Å². The lowest BCUT2D eigenvalue weighted by Gasteiger charge is -2.18. The minimum atomic E-state index is -0.493. The van der Waals surface area contributed by atoms with Crippen molar-refractivity contribution in [3.8, 4) is 0 Å². The molecule has 2 rings (SSSR count). The van der Waals surface area contributed by atoms with Crippen LogP contribution in [0.1, 0.15) is 26.7 Å². The van der Waals surface area contributed by atoms with E-state index in [0.717, 1.165) is 25.2 Å². The van der Waals surface area contributed by atoms with Crippen LogP contribution in [0.2, 0.25) is 0 Å². The molecule has 1 fully saturated rings. The highest BCUT2D eigenvalue weighted by Crippen LogP contribution is 2.21. The lowest BCUT2D eigenvalue weighted by atomic mass is 10.1. The van der Waals surface area contributed by atoms with Gasteiger partial charge in [-0.05, 0) is 18.3 Å². The van der Waals surface area contributed by atoms with E-state index in [1.807, 2.05) is 13.8 Å². The molecule has 1 atom stereocenters. The third kappa shape index (κ3) is 4.64. The summed E-state index contributed by atoms with van der Waals surface area (Å²) in [5.74, 6) is -0.392. The molecule has 1 unspecified atom stereocenters. The number of Topliss-reactive ketones (excluding diaryl/α,β-unsaturated/α-hetero) is 1. The SMILES string of the molecule is CC(C)CC(=O)C(=O)NCC1CCN(c2cnn(C)c(=O)c2)C1. The van der Waals surface area contributed by atoms with Gasteiger partial charge in [0.15, 0.2) is 0 Å². The van der Waals surface area contributed by atoms with Crippen LogP contribution in [-0.2, 0) is 16.6 Å². The van der Waals surface area contributed by atoms with Crippen molar-refractivity contribution in [2.75, 3.05) is 24.5 Å². The number of carbonyl (C=O) groups excluding carboxylic acids is 2. The number of amides is 1. The summed E-state index contributed by atoms with van der Waals surface area (Å²) < 4.78 is 1.29. The quantitative estimate of drug-likeness (QED) is 0.764. The molecule has 1 amide bonds. The maximum absolute atomic E-state index is 11.7. The van der Waals surface area contributed by atoms with Crippen molar-refractivity contribution in [2.24, 2.45) is 18.9 Å². The number of rotatable bonds is 6. The van der Waals surface area contributed by atoms with Crippen molar-refractivity contribution in [2.45, 2.75) is 26.7 Å². The standard InChI is InChI=1S/C16H24N4O3/c1-11(2)6-14(21)16(23)17-8-12-4-5-20(10-12)13-7-15(22)19(3)18-9-13/h7,9,11-12H,4-6,8,10H2,1-3H3,(H,17,23). The molecule has 1 aliphatic rings. The van der Waals surface area contributed by atoms with E-state index in [-0.39, 0.29) is 29.6 Å². The second kappa shape index (κ2) is 7.39. The Morgan fingerprint density at radius 3 is 2.83 bits per heavy atom. The number of aryl methyl sites for hydroxylation is 1. The zero-order valence-corrected chi connectivity index (χ0v) is 13.9. The van der Waals surface area contributed by atoms with E-state index in [4.69, 9.17) is 0 Å². The second-order valence-electron chi connectivity index (χ2n) is 6.51. The van der Waals surface area contributed by atoms with Crippen LogP contribution in [0.5, 0.6) is 0 Å². The Bertz CT molecular complexity index is 638. The maximum Gasteiger partial charge on any atom is 0.287 e. The number of hydrogen-bond acceptors (Lipinski definition) is 5. The van der Waals surface area contributed by atoms with Gasteiger partial charge in [0.2, 0.25) is 5.78 Å². The van der Waals surface area contributed by atoms with Crippen LogP contribution in [0.4, 0.5) is 5.69 Å². The molecule has 1 aromatic rings. The second-order valence-corrected chi connectivity index (χ2v) is 6.51. The molecule has 7 nitrogen and oxygen atoms in total. The number of carbonyl (C=O) groups is 2. The van der Waals surface area contributed by atoms with Crippen molar-refractivity contribution < 1.29 is 9.59 Å². The summed E-state index contributed by atoms with van der Waals surface area (Å²) in [5.41, 5.74) is 0.663. The Kier molecular flexibility index (Phi) is 5.52. The molecule has 1 N–H and O–H groups in total. The smallest absolute Gasteiger partial charge is 0.287 e. The molecule has 0 saturated carbocycles. The molecule has 1 aromatic heterocycles. The summed E-state index contributed by atoms with van der Waals surface area (Å²) in [4.78, 5) is 37.1. The summed E-state index contributed by atoms with van der Waals surface area (Å²) in [7, 11) is 1.61. The minimum Gasteiger partial charge on any atom is -0.370 e. The lowest BCUT2D eigenvalue weighted by Crippen LogP contribution is -2.36. The first-order valence-electron chi connectivity index (χ1n) is 7.96. The predicted octanol–water partition coefficient (Wildman–Crippen LogP) is 0.338. The highest BCUT2D eigenvalue weighted by Gasteiger charge is 2.24. The molecule has 2 heterocycles. The highest BCUT2D eigenvalue weighted by molar-refractivity contribution is 6.36. The van der Waals surface area contributed by atoms with Gasteiger partial charge in [0.05, 0.1) is 11.9 Å². The van der Waals surface area contributed by atoms with Gasteiger partial charge in [-0.1, -0.05) is 13.8 Å². The number of hydrogen-bond donors (Lipinski definition) is 1. The molecule has 126 valence electrons. The minimum absolute atomic E-state index is 0.140. The molecular weight excluding hydrogens is 296 g/mol. The van der Waals surface area contributed by atoms with Gasteiger partial charge in [-0.15, -0.1) is 0 Å². The van der Waals surface area contributed by atoms with E-state index in [9.17, 15) is 14.4 Å². The van der Waals surface area contributed by atoms with Gasteiger partial charge in [-0.25, -0.2) is 4.68 Å². The van der Waals surface area contributed by atoms with E-state index in [1.165, 1.54) is 4.68 Å². The summed E-state index contributed by atoms with van der Waals surface area (Å²) in [6.45, 7) is 5.87. The van der Waals surface area contributed by atoms with Crippen LogP contribution in [0.25, 0.3) is 0 Å². The number of nitrogens with one attached hydrogen (secondary N) is 1. The van der Waals surface area contributed by atoms with Crippen LogP contribution in [0, 0.1) is 11.8 Å². The van der Waals surface area contributed by atoms with Gasteiger partial charge >= 0.3 is 0 Å². The molecule has 0 aromatic carbocycles. The van der Waals surface area contributed by atoms with E-state index in [1.54, 1.807) is 19.3 Å². The Morgan fingerprint density at radius 2 is 2.17 bits per heavy atom. The van der Waals surface area contributed by atoms with Gasteiger partial charge in [-0.2, -0.15) is 5.10 Å². The van der Waals surface area contributed by atoms with Gasteiger partial charge < -0.3 is 10.2 Å². The largest absolute Gasteiger partial charge is 0.370 e. The molecule has 1 saturated heterocycles. The van der Waals surface area contributed by atoms with Crippen LogP contribution < -0.4 is 15.8 Å². The summed E-state index contributed by atoms with van der Waals surface area (Å²) in [6.07, 6.45) is 2.87. The van der Waals surface area contributed by atoms with Crippen molar-refractivity contribution in [1.29, 1.82) is 0 Å². The molecular formula is C16H24N4O3. The van der Waals surface area contributed by atoms with Crippen LogP contribution in [0.3, 0.4) is 0 Å². The summed E-state index contributed by atoms with van der Waals surface area (Å²) in [5, 5.41) is 6.75. The monoisotopic (exact) mass is 320 g/mol. The molecule has 0 bridgehead atoms. The van der Waals surface area contributed by atoms with E-state index in [2.05, 4.69) is 15.3 Å². The number of ketones is 1. The molecule has 0 radical (unpaired) electrons. The Morgan fingerprint density at radius 1 is 1.43 bits per heavy atom. The Hall–Kier alpha value is -2.18. The molecule has 23 heavy (non-hydrogen) atoms. The Balaban J connectivity index is 1.83. The fourth-order valence-electron chi connectivity index (χ4n) is 2.67. The molecule has 0 aliphatic carbocycles. The molecule has 0 spiro atoms. The first kappa shape index (κ1) is 17.2. The predicted molar refractivity (Wildman–Crippen MR) is 87.3 cm³/mol. The molecule has 7 heteroatoms. The van der Waals surface area contributed by atoms with E-state index < -0.39 is 5.91 Å². The van der Waals surface area contributed by atoms with Crippen molar-refractivity contribution in [3.63, 3.8) is 0 Å². The van der Waals surface area contributed by atoms with Gasteiger partial charge in [-0.3, -0.25) is 14.4 Å². The number of anilines is 1. The van der Waals surface area contributed by atoms with Gasteiger partial charge in [0, 0.05) is 39.2 Å². The van der Waals surface area contributed by atoms with Crippen molar-refractivity contribution >= 4 is 17.4 Å². The zero-order valence-electron chi connectivity index (χ0n) is 13.9. The maximum atomic E-state index is 11.7. The topological polar surface area (TPSA) is 84.3 Å². The first-order chi connectivity index (χ1) is 10.9. The molecule has 1 aliphatic heterocycles. The third-order valence-corrected chi connectivity index (χ3v) is 4.00. The normalized spacial score (nSPS) is 17.6. The van der Waals surface area contributed by atoms with Crippen LogP contribution in [-0.4, -0.2) is 41.1 Å². The first-order valence-corrected chi connectivity index (χ1v) is 7.96. The highest BCUT2D eigenvalue weighted by atomic mass is 16.2. The zero-order chi connectivity index (χ0) is 17.0. The Labute approximate surface area is 135 Å². The number of nitrogens with zero attached hydrogens (tertiary/aromatic N) is 3. The summed E-state index contributed by atoms with van der Waals surface area (Å²) >= 11 is 0. The van der Waals surface area contributed by atoms with Crippen LogP contribution in [0.15, 0.2) is 17.1 Å².